The molecule has 0 spiro atoms. The Bertz CT molecular complexity index is 353. The maximum atomic E-state index is 5.77. The zero-order valence-electron chi connectivity index (χ0n) is 9.48. The maximum absolute atomic E-state index is 5.77. The highest BCUT2D eigenvalue weighted by molar-refractivity contribution is 6.63. The summed E-state index contributed by atoms with van der Waals surface area (Å²) in [7, 11) is 3.92. The van der Waals surface area contributed by atoms with Crippen LogP contribution in [0.1, 0.15) is 11.1 Å². The fourth-order valence-electron chi connectivity index (χ4n) is 1.54. The van der Waals surface area contributed by atoms with Gasteiger partial charge in [-0.25, -0.2) is 0 Å². The van der Waals surface area contributed by atoms with Crippen LogP contribution in [0, 0.1) is 13.8 Å². The minimum absolute atomic E-state index is 0.545. The van der Waals surface area contributed by atoms with Crippen molar-refractivity contribution in [3.05, 3.63) is 17.2 Å². The van der Waals surface area contributed by atoms with Crippen molar-refractivity contribution in [2.45, 2.75) is 13.8 Å². The van der Waals surface area contributed by atoms with Crippen LogP contribution in [0.3, 0.4) is 0 Å². The van der Waals surface area contributed by atoms with E-state index in [0.717, 1.165) is 27.8 Å². The lowest BCUT2D eigenvalue weighted by atomic mass is 10.1. The SMILES string of the molecule is COc1cc([Si]CCl)c(OC)c(C)c1C. The van der Waals surface area contributed by atoms with Crippen molar-refractivity contribution in [3.8, 4) is 11.5 Å². The number of hydrogen-bond acceptors (Lipinski definition) is 2. The van der Waals surface area contributed by atoms with Crippen LogP contribution in [-0.2, 0) is 0 Å². The van der Waals surface area contributed by atoms with E-state index in [1.165, 1.54) is 0 Å². The quantitative estimate of drug-likeness (QED) is 0.593. The molecule has 0 N–H and O–H groups in total. The molecule has 0 fully saturated rings. The van der Waals surface area contributed by atoms with Crippen molar-refractivity contribution >= 4 is 26.3 Å². The first-order chi connectivity index (χ1) is 7.15. The van der Waals surface area contributed by atoms with Crippen molar-refractivity contribution in [1.29, 1.82) is 0 Å². The molecule has 0 saturated carbocycles. The Morgan fingerprint density at radius 2 is 1.87 bits per heavy atom. The van der Waals surface area contributed by atoms with Crippen LogP contribution in [0.2, 0.25) is 0 Å². The number of benzene rings is 1. The van der Waals surface area contributed by atoms with E-state index in [-0.39, 0.29) is 0 Å². The Labute approximate surface area is 98.4 Å². The van der Waals surface area contributed by atoms with E-state index in [4.69, 9.17) is 21.1 Å². The van der Waals surface area contributed by atoms with E-state index in [0.29, 0.717) is 15.0 Å². The van der Waals surface area contributed by atoms with E-state index in [2.05, 4.69) is 0 Å². The molecule has 15 heavy (non-hydrogen) atoms. The predicted octanol–water partition coefficient (Wildman–Crippen LogP) is 1.85. The van der Waals surface area contributed by atoms with E-state index < -0.39 is 0 Å². The summed E-state index contributed by atoms with van der Waals surface area (Å²) in [5.41, 5.74) is 2.86. The summed E-state index contributed by atoms with van der Waals surface area (Å²) in [6, 6.07) is 2.02. The Morgan fingerprint density at radius 3 is 2.33 bits per heavy atom. The molecule has 0 amide bonds. The van der Waals surface area contributed by atoms with Gasteiger partial charge in [0.2, 0.25) is 0 Å². The van der Waals surface area contributed by atoms with Gasteiger partial charge in [-0.3, -0.25) is 0 Å². The minimum Gasteiger partial charge on any atom is -0.497 e. The lowest BCUT2D eigenvalue weighted by Gasteiger charge is -2.15. The monoisotopic (exact) mass is 242 g/mol. The van der Waals surface area contributed by atoms with Crippen LogP contribution in [-0.4, -0.2) is 29.2 Å². The van der Waals surface area contributed by atoms with Gasteiger partial charge in [0.05, 0.1) is 14.2 Å². The van der Waals surface area contributed by atoms with Crippen LogP contribution < -0.4 is 14.7 Å². The van der Waals surface area contributed by atoms with Crippen LogP contribution in [0.5, 0.6) is 11.5 Å². The van der Waals surface area contributed by atoms with Gasteiger partial charge >= 0.3 is 0 Å². The average molecular weight is 243 g/mol. The first-order valence-electron chi connectivity index (χ1n) is 4.67. The maximum Gasteiger partial charge on any atom is 0.122 e. The summed E-state index contributed by atoms with van der Waals surface area (Å²) in [5, 5.41) is 1.13. The second-order valence-electron chi connectivity index (χ2n) is 3.22. The van der Waals surface area contributed by atoms with Crippen molar-refractivity contribution in [3.63, 3.8) is 0 Å². The van der Waals surface area contributed by atoms with Crippen LogP contribution >= 0.6 is 11.6 Å². The number of rotatable bonds is 4. The summed E-state index contributed by atoms with van der Waals surface area (Å²) < 4.78 is 10.7. The third kappa shape index (κ3) is 2.47. The normalized spacial score (nSPS) is 10.2. The molecule has 0 aliphatic carbocycles. The summed E-state index contributed by atoms with van der Waals surface area (Å²) >= 11 is 5.77. The van der Waals surface area contributed by atoms with Crippen molar-refractivity contribution < 1.29 is 9.47 Å². The van der Waals surface area contributed by atoms with Gasteiger partial charge in [0.15, 0.2) is 0 Å². The summed E-state index contributed by atoms with van der Waals surface area (Å²) in [4.78, 5) is 0. The van der Waals surface area contributed by atoms with Gasteiger partial charge in [0.25, 0.3) is 0 Å². The summed E-state index contributed by atoms with van der Waals surface area (Å²) in [5.74, 6) is 1.84. The Morgan fingerprint density at radius 1 is 1.20 bits per heavy atom. The van der Waals surface area contributed by atoms with Crippen LogP contribution in [0.25, 0.3) is 0 Å². The molecular formula is C11H15ClO2Si. The highest BCUT2D eigenvalue weighted by atomic mass is 35.5. The number of halogens is 1. The average Bonchev–Trinajstić information content (AvgIpc) is 2.24. The topological polar surface area (TPSA) is 18.5 Å². The van der Waals surface area contributed by atoms with Crippen LogP contribution in [0.15, 0.2) is 6.07 Å². The molecule has 0 saturated heterocycles. The Balaban J connectivity index is 3.30. The minimum atomic E-state index is 0.545. The van der Waals surface area contributed by atoms with Gasteiger partial charge in [-0.2, -0.15) is 0 Å². The number of ether oxygens (including phenoxy) is 2. The Hall–Kier alpha value is -0.673. The Kier molecular flexibility index (Phi) is 4.48. The van der Waals surface area contributed by atoms with Gasteiger partial charge < -0.3 is 9.47 Å². The highest BCUT2D eigenvalue weighted by Gasteiger charge is 2.13. The molecule has 2 nitrogen and oxygen atoms in total. The second-order valence-corrected chi connectivity index (χ2v) is 5.18. The lowest BCUT2D eigenvalue weighted by molar-refractivity contribution is 0.400. The molecule has 0 aromatic heterocycles. The molecule has 0 bridgehead atoms. The standard InChI is InChI=1S/C11H15ClO2Si/c1-7-8(2)11(14-4)10(15-6-12)5-9(7)13-3/h5H,6H2,1-4H3. The smallest absolute Gasteiger partial charge is 0.122 e. The summed E-state index contributed by atoms with van der Waals surface area (Å²) in [6.07, 6.45) is 0. The van der Waals surface area contributed by atoms with E-state index >= 15 is 0 Å². The molecule has 0 aliphatic rings. The third-order valence-corrected chi connectivity index (χ3v) is 3.76. The molecule has 0 aliphatic heterocycles. The van der Waals surface area contributed by atoms with Gasteiger partial charge in [0.1, 0.15) is 21.0 Å². The molecular weight excluding hydrogens is 228 g/mol. The fraction of sp³-hybridized carbons (Fsp3) is 0.455. The lowest BCUT2D eigenvalue weighted by Crippen LogP contribution is -2.20. The van der Waals surface area contributed by atoms with Gasteiger partial charge in [-0.05, 0) is 36.2 Å². The number of hydrogen-bond donors (Lipinski definition) is 0. The first kappa shape index (κ1) is 12.4. The highest BCUT2D eigenvalue weighted by Crippen LogP contribution is 2.26. The molecule has 4 heteroatoms. The van der Waals surface area contributed by atoms with E-state index in [1.54, 1.807) is 14.2 Å². The fourth-order valence-corrected chi connectivity index (χ4v) is 2.80. The van der Waals surface area contributed by atoms with Gasteiger partial charge in [-0.1, -0.05) is 0 Å². The second kappa shape index (κ2) is 5.42. The predicted molar refractivity (Wildman–Crippen MR) is 65.1 cm³/mol. The molecule has 1 rings (SSSR count). The zero-order chi connectivity index (χ0) is 11.4. The molecule has 82 valence electrons. The molecule has 0 unspecified atom stereocenters. The van der Waals surface area contributed by atoms with Gasteiger partial charge in [-0.15, -0.1) is 11.6 Å². The third-order valence-electron chi connectivity index (χ3n) is 2.47. The van der Waals surface area contributed by atoms with Crippen LogP contribution in [0.4, 0.5) is 0 Å². The first-order valence-corrected chi connectivity index (χ1v) is 6.41. The molecule has 0 heterocycles. The molecule has 0 atom stereocenters. The van der Waals surface area contributed by atoms with Crippen molar-refractivity contribution in [2.24, 2.45) is 0 Å². The van der Waals surface area contributed by atoms with E-state index in [1.807, 2.05) is 19.9 Å². The largest absolute Gasteiger partial charge is 0.497 e. The number of alkyl halides is 1. The molecule has 2 radical (unpaired) electrons. The zero-order valence-corrected chi connectivity index (χ0v) is 11.2. The summed E-state index contributed by atoms with van der Waals surface area (Å²) in [6.45, 7) is 4.07. The van der Waals surface area contributed by atoms with Gasteiger partial charge in [0, 0.05) is 5.50 Å². The molecule has 1 aromatic rings. The van der Waals surface area contributed by atoms with E-state index in [9.17, 15) is 0 Å². The van der Waals surface area contributed by atoms with Crippen molar-refractivity contribution in [2.75, 3.05) is 19.7 Å². The molecule has 1 aromatic carbocycles. The van der Waals surface area contributed by atoms with Crippen molar-refractivity contribution in [1.82, 2.24) is 0 Å². The number of methoxy groups -OCH3 is 2.